The van der Waals surface area contributed by atoms with Crippen LogP contribution in [0.25, 0.3) is 11.1 Å². The molecular formula is C30H41NO6. The maximum atomic E-state index is 13.5. The Kier molecular flexibility index (Phi) is 9.48. The van der Waals surface area contributed by atoms with Crippen molar-refractivity contribution in [2.75, 3.05) is 0 Å². The second-order valence-corrected chi connectivity index (χ2v) is 11.0. The summed E-state index contributed by atoms with van der Waals surface area (Å²) in [6.07, 6.45) is 3.89. The van der Waals surface area contributed by atoms with Crippen molar-refractivity contribution in [1.29, 1.82) is 0 Å². The standard InChI is InChI=1S/C30H41NO6/c1-7-9-22-28(34)19(3)11-8-10-18(2)12-14-24(21-13-15-25-23(16-21)31-20(4)36-25)37-27(33)17-26(32)30(5,6)29(22)35/h7,12-13,15-16,19,22,24,26,28,32,34H,1,8-11,14,17H2,2-6H3/b18-12+/t19-,22+,24-,26-,28-/m0/s1. The molecule has 0 fully saturated rings. The summed E-state index contributed by atoms with van der Waals surface area (Å²) in [5.41, 5.74) is 2.04. The fraction of sp³-hybridized carbons (Fsp3) is 0.567. The van der Waals surface area contributed by atoms with Gasteiger partial charge in [0.25, 0.3) is 0 Å². The van der Waals surface area contributed by atoms with Gasteiger partial charge in [-0.2, -0.15) is 0 Å². The molecule has 0 unspecified atom stereocenters. The van der Waals surface area contributed by atoms with Gasteiger partial charge in [-0.3, -0.25) is 9.59 Å². The van der Waals surface area contributed by atoms with Gasteiger partial charge in [0.2, 0.25) is 0 Å². The number of oxazole rings is 1. The fourth-order valence-corrected chi connectivity index (χ4v) is 5.04. The van der Waals surface area contributed by atoms with Crippen LogP contribution in [0.1, 0.15) is 83.8 Å². The van der Waals surface area contributed by atoms with Gasteiger partial charge < -0.3 is 19.4 Å². The minimum absolute atomic E-state index is 0.0992. The van der Waals surface area contributed by atoms with E-state index in [9.17, 15) is 19.8 Å². The van der Waals surface area contributed by atoms with Crippen molar-refractivity contribution in [2.24, 2.45) is 17.3 Å². The van der Waals surface area contributed by atoms with Crippen LogP contribution in [0.3, 0.4) is 0 Å². The molecule has 2 heterocycles. The normalized spacial score (nSPS) is 29.9. The molecule has 2 N–H and O–H groups in total. The number of aryl methyl sites for hydroxylation is 1. The zero-order valence-electron chi connectivity index (χ0n) is 22.7. The first kappa shape index (κ1) is 28.8. The van der Waals surface area contributed by atoms with Crippen molar-refractivity contribution in [2.45, 2.75) is 91.5 Å². The summed E-state index contributed by atoms with van der Waals surface area (Å²) in [6, 6.07) is 5.54. The zero-order valence-corrected chi connectivity index (χ0v) is 22.7. The van der Waals surface area contributed by atoms with E-state index in [-0.39, 0.29) is 18.1 Å². The smallest absolute Gasteiger partial charge is 0.309 e. The molecule has 5 atom stereocenters. The molecule has 7 heteroatoms. The molecule has 0 radical (unpaired) electrons. The molecule has 0 aliphatic carbocycles. The number of carbonyl (C=O) groups is 2. The lowest BCUT2D eigenvalue weighted by Crippen LogP contribution is -2.46. The van der Waals surface area contributed by atoms with Gasteiger partial charge in [0.1, 0.15) is 17.4 Å². The number of Topliss-reactive ketones (excluding diaryl/α,β-unsaturated/α-hetero) is 1. The van der Waals surface area contributed by atoms with E-state index in [1.54, 1.807) is 26.8 Å². The summed E-state index contributed by atoms with van der Waals surface area (Å²) >= 11 is 0. The average Bonchev–Trinajstić information content (AvgIpc) is 3.22. The molecule has 7 nitrogen and oxygen atoms in total. The maximum Gasteiger partial charge on any atom is 0.309 e. The number of hydrogen-bond donors (Lipinski definition) is 2. The van der Waals surface area contributed by atoms with Crippen LogP contribution in [0.5, 0.6) is 0 Å². The maximum absolute atomic E-state index is 13.5. The van der Waals surface area contributed by atoms with Gasteiger partial charge in [0.05, 0.1) is 24.0 Å². The molecule has 1 aliphatic rings. The van der Waals surface area contributed by atoms with Gasteiger partial charge in [-0.15, -0.1) is 6.58 Å². The van der Waals surface area contributed by atoms with E-state index in [1.165, 1.54) is 0 Å². The minimum Gasteiger partial charge on any atom is -0.457 e. The topological polar surface area (TPSA) is 110 Å². The van der Waals surface area contributed by atoms with Crippen LogP contribution in [-0.2, 0) is 14.3 Å². The van der Waals surface area contributed by atoms with E-state index in [0.717, 1.165) is 30.4 Å². The molecule has 202 valence electrons. The second kappa shape index (κ2) is 12.2. The highest BCUT2D eigenvalue weighted by Crippen LogP contribution is 2.35. The molecule has 1 aromatic heterocycles. The van der Waals surface area contributed by atoms with Crippen LogP contribution in [0.15, 0.2) is 46.9 Å². The second-order valence-electron chi connectivity index (χ2n) is 11.0. The largest absolute Gasteiger partial charge is 0.457 e. The predicted octanol–water partition coefficient (Wildman–Crippen LogP) is 5.78. The lowest BCUT2D eigenvalue weighted by molar-refractivity contribution is -0.156. The Hall–Kier alpha value is -2.77. The molecular weight excluding hydrogens is 470 g/mol. The monoisotopic (exact) mass is 511 g/mol. The van der Waals surface area contributed by atoms with Gasteiger partial charge >= 0.3 is 5.97 Å². The lowest BCUT2D eigenvalue weighted by atomic mass is 9.71. The summed E-state index contributed by atoms with van der Waals surface area (Å²) in [7, 11) is 0. The number of aliphatic hydroxyl groups excluding tert-OH is 2. The zero-order chi connectivity index (χ0) is 27.3. The summed E-state index contributed by atoms with van der Waals surface area (Å²) in [5.74, 6) is -1.12. The number of fused-ring (bicyclic) bond motifs is 1. The SMILES string of the molecule is C=CC[C@H]1C(=O)C(C)(C)[C@@H](O)CC(=O)O[C@H](c2ccc3oc(C)nc3c2)C/C=C(\C)CCC[C@H](C)[C@@H]1O. The Morgan fingerprint density at radius 2 is 1.95 bits per heavy atom. The number of nitrogens with zero attached hydrogens (tertiary/aromatic N) is 1. The van der Waals surface area contributed by atoms with Gasteiger partial charge in [0.15, 0.2) is 11.5 Å². The molecule has 3 rings (SSSR count). The van der Waals surface area contributed by atoms with E-state index < -0.39 is 35.6 Å². The molecule has 2 aromatic rings. The predicted molar refractivity (Wildman–Crippen MR) is 143 cm³/mol. The van der Waals surface area contributed by atoms with Crippen LogP contribution >= 0.6 is 0 Å². The summed E-state index contributed by atoms with van der Waals surface area (Å²) in [5, 5.41) is 22.1. The van der Waals surface area contributed by atoms with Crippen molar-refractivity contribution < 1.29 is 29.0 Å². The van der Waals surface area contributed by atoms with Crippen LogP contribution in [-0.4, -0.2) is 39.2 Å². The van der Waals surface area contributed by atoms with E-state index in [1.807, 2.05) is 32.0 Å². The van der Waals surface area contributed by atoms with Gasteiger partial charge in [-0.05, 0) is 56.2 Å². The highest BCUT2D eigenvalue weighted by atomic mass is 16.5. The van der Waals surface area contributed by atoms with Gasteiger partial charge in [-0.1, -0.05) is 44.6 Å². The van der Waals surface area contributed by atoms with Crippen LogP contribution < -0.4 is 0 Å². The van der Waals surface area contributed by atoms with Crippen LogP contribution in [0.2, 0.25) is 0 Å². The number of aromatic nitrogens is 1. The molecule has 0 amide bonds. The van der Waals surface area contributed by atoms with E-state index in [0.29, 0.717) is 29.8 Å². The Morgan fingerprint density at radius 1 is 1.22 bits per heavy atom. The average molecular weight is 512 g/mol. The highest BCUT2D eigenvalue weighted by molar-refractivity contribution is 5.88. The Labute approximate surface area is 219 Å². The molecule has 1 aromatic carbocycles. The van der Waals surface area contributed by atoms with Crippen molar-refractivity contribution in [3.63, 3.8) is 0 Å². The Balaban J connectivity index is 1.93. The summed E-state index contributed by atoms with van der Waals surface area (Å²) in [4.78, 5) is 31.0. The van der Waals surface area contributed by atoms with Crippen molar-refractivity contribution >= 4 is 22.9 Å². The first-order valence-corrected chi connectivity index (χ1v) is 13.2. The number of rotatable bonds is 3. The molecule has 0 bridgehead atoms. The summed E-state index contributed by atoms with van der Waals surface area (Å²) in [6.45, 7) is 12.8. The third-order valence-corrected chi connectivity index (χ3v) is 7.66. The molecule has 37 heavy (non-hydrogen) atoms. The first-order chi connectivity index (χ1) is 17.4. The van der Waals surface area contributed by atoms with Crippen molar-refractivity contribution in [3.8, 4) is 0 Å². The van der Waals surface area contributed by atoms with E-state index >= 15 is 0 Å². The number of ether oxygens (including phenoxy) is 1. The highest BCUT2D eigenvalue weighted by Gasteiger charge is 2.43. The number of benzene rings is 1. The molecule has 1 aliphatic heterocycles. The number of carbonyl (C=O) groups excluding carboxylic acids is 2. The third kappa shape index (κ3) is 6.96. The fourth-order valence-electron chi connectivity index (χ4n) is 5.04. The number of ketones is 1. The van der Waals surface area contributed by atoms with Crippen molar-refractivity contribution in [3.05, 3.63) is 54.0 Å². The number of hydrogen-bond acceptors (Lipinski definition) is 7. The van der Waals surface area contributed by atoms with Gasteiger partial charge in [-0.25, -0.2) is 4.98 Å². The number of aliphatic hydroxyl groups is 2. The van der Waals surface area contributed by atoms with Crippen LogP contribution in [0.4, 0.5) is 0 Å². The Bertz CT molecular complexity index is 1150. The summed E-state index contributed by atoms with van der Waals surface area (Å²) < 4.78 is 11.5. The van der Waals surface area contributed by atoms with Crippen molar-refractivity contribution in [1.82, 2.24) is 4.98 Å². The Morgan fingerprint density at radius 3 is 2.65 bits per heavy atom. The minimum atomic E-state index is -1.27. The quantitative estimate of drug-likeness (QED) is 0.397. The lowest BCUT2D eigenvalue weighted by Gasteiger charge is -2.35. The molecule has 0 spiro atoms. The first-order valence-electron chi connectivity index (χ1n) is 13.2. The molecule has 0 saturated carbocycles. The van der Waals surface area contributed by atoms with Crippen LogP contribution in [0, 0.1) is 24.2 Å². The third-order valence-electron chi connectivity index (χ3n) is 7.66. The van der Waals surface area contributed by atoms with E-state index in [4.69, 9.17) is 9.15 Å². The number of allylic oxidation sites excluding steroid dienone is 2. The molecule has 0 saturated heterocycles. The number of esters is 1. The van der Waals surface area contributed by atoms with Gasteiger partial charge in [0, 0.05) is 19.3 Å². The van der Waals surface area contributed by atoms with E-state index in [2.05, 4.69) is 17.6 Å². The number of cyclic esters (lactones) is 1.